The molecule has 0 aliphatic carbocycles. The lowest BCUT2D eigenvalue weighted by atomic mass is 9.93. The van der Waals surface area contributed by atoms with Crippen LogP contribution in [0.15, 0.2) is 54.0 Å². The quantitative estimate of drug-likeness (QED) is 0.453. The summed E-state index contributed by atoms with van der Waals surface area (Å²) in [7, 11) is 1.26. The van der Waals surface area contributed by atoms with Crippen LogP contribution in [0.25, 0.3) is 11.0 Å². The average Bonchev–Trinajstić information content (AvgIpc) is 3.49. The number of hydrogen-bond acceptors (Lipinski definition) is 7. The molecule has 2 amide bonds. The Balaban J connectivity index is 1.62. The minimum Gasteiger partial charge on any atom is -0.453 e. The monoisotopic (exact) mass is 435 g/mol. The van der Waals surface area contributed by atoms with Crippen molar-refractivity contribution in [2.45, 2.75) is 12.3 Å². The smallest absolute Gasteiger partial charge is 0.413 e. The zero-order valence-electron chi connectivity index (χ0n) is 16.3. The molecule has 0 saturated carbocycles. The number of rotatable bonds is 4. The van der Waals surface area contributed by atoms with Gasteiger partial charge in [0.25, 0.3) is 5.91 Å². The number of aromatic nitrogens is 3. The minimum atomic E-state index is -1.69. The summed E-state index contributed by atoms with van der Waals surface area (Å²) in [5.41, 5.74) is 0.922. The van der Waals surface area contributed by atoms with Gasteiger partial charge in [-0.25, -0.2) is 14.8 Å². The van der Waals surface area contributed by atoms with Gasteiger partial charge in [0.15, 0.2) is 5.72 Å². The number of anilines is 1. The Kier molecular flexibility index (Phi) is 4.45. The van der Waals surface area contributed by atoms with Gasteiger partial charge in [-0.15, -0.1) is 11.3 Å². The Labute approximate surface area is 180 Å². The fraction of sp³-hybridized carbons (Fsp3) is 0.143. The molecule has 0 bridgehead atoms. The molecule has 1 aliphatic heterocycles. The van der Waals surface area contributed by atoms with Crippen molar-refractivity contribution in [3.8, 4) is 0 Å². The zero-order valence-corrected chi connectivity index (χ0v) is 17.1. The van der Waals surface area contributed by atoms with E-state index in [1.165, 1.54) is 23.3 Å². The first kappa shape index (κ1) is 19.2. The van der Waals surface area contributed by atoms with E-state index in [9.17, 15) is 14.7 Å². The number of fused-ring (bicyclic) bond motifs is 2. The highest BCUT2D eigenvalue weighted by Crippen LogP contribution is 2.43. The molecule has 31 heavy (non-hydrogen) atoms. The van der Waals surface area contributed by atoms with Gasteiger partial charge in [0.2, 0.25) is 5.95 Å². The zero-order chi connectivity index (χ0) is 21.6. The van der Waals surface area contributed by atoms with E-state index in [2.05, 4.69) is 25.0 Å². The second-order valence-electron chi connectivity index (χ2n) is 6.97. The summed E-state index contributed by atoms with van der Waals surface area (Å²) in [5.74, 6) is -0.0559. The van der Waals surface area contributed by atoms with Gasteiger partial charge in [-0.3, -0.25) is 15.0 Å². The number of amides is 2. The van der Waals surface area contributed by atoms with Gasteiger partial charge >= 0.3 is 6.09 Å². The van der Waals surface area contributed by atoms with Crippen molar-refractivity contribution in [1.29, 1.82) is 0 Å². The van der Waals surface area contributed by atoms with Gasteiger partial charge in [0.05, 0.1) is 24.7 Å². The molecule has 2 aromatic heterocycles. The summed E-state index contributed by atoms with van der Waals surface area (Å²) >= 11 is 1.42. The van der Waals surface area contributed by atoms with Crippen molar-refractivity contribution in [3.05, 3.63) is 75.7 Å². The molecule has 0 fully saturated rings. The largest absolute Gasteiger partial charge is 0.453 e. The van der Waals surface area contributed by atoms with Crippen molar-refractivity contribution < 1.29 is 19.4 Å². The van der Waals surface area contributed by atoms with Crippen LogP contribution in [0, 0.1) is 0 Å². The fourth-order valence-corrected chi connectivity index (χ4v) is 4.41. The molecule has 3 heterocycles. The molecular formula is C21H17N5O4S. The lowest BCUT2D eigenvalue weighted by molar-refractivity contribution is -0.0542. The number of aromatic amines is 1. The Bertz CT molecular complexity index is 1300. The van der Waals surface area contributed by atoms with Crippen molar-refractivity contribution in [3.63, 3.8) is 0 Å². The molecule has 1 unspecified atom stereocenters. The first-order chi connectivity index (χ1) is 15.0. The number of aliphatic hydroxyl groups is 1. The molecular weight excluding hydrogens is 418 g/mol. The van der Waals surface area contributed by atoms with Crippen LogP contribution < -0.4 is 5.32 Å². The summed E-state index contributed by atoms with van der Waals surface area (Å²) in [4.78, 5) is 37.6. The van der Waals surface area contributed by atoms with Gasteiger partial charge in [-0.05, 0) is 18.2 Å². The second-order valence-corrected chi connectivity index (χ2v) is 7.95. The first-order valence-corrected chi connectivity index (χ1v) is 10.3. The van der Waals surface area contributed by atoms with Crippen LogP contribution in [0.4, 0.5) is 10.7 Å². The Morgan fingerprint density at radius 1 is 1.32 bits per heavy atom. The number of H-pyrrole nitrogens is 1. The topological polar surface area (TPSA) is 120 Å². The van der Waals surface area contributed by atoms with Gasteiger partial charge in [0.1, 0.15) is 5.01 Å². The van der Waals surface area contributed by atoms with E-state index in [1.807, 2.05) is 5.38 Å². The van der Waals surface area contributed by atoms with E-state index in [-0.39, 0.29) is 18.4 Å². The van der Waals surface area contributed by atoms with Gasteiger partial charge in [-0.1, -0.05) is 24.3 Å². The van der Waals surface area contributed by atoms with Gasteiger partial charge in [0, 0.05) is 28.3 Å². The molecule has 3 N–H and O–H groups in total. The lowest BCUT2D eigenvalue weighted by Gasteiger charge is -2.34. The van der Waals surface area contributed by atoms with Crippen LogP contribution in [0.3, 0.4) is 0 Å². The molecule has 1 aliphatic rings. The van der Waals surface area contributed by atoms with E-state index in [0.29, 0.717) is 32.7 Å². The number of imidazole rings is 1. The van der Waals surface area contributed by atoms with Crippen molar-refractivity contribution in [2.75, 3.05) is 12.4 Å². The molecule has 10 heteroatoms. The predicted molar refractivity (Wildman–Crippen MR) is 114 cm³/mol. The molecule has 0 radical (unpaired) electrons. The Hall–Kier alpha value is -3.76. The van der Waals surface area contributed by atoms with Crippen LogP contribution in [-0.4, -0.2) is 44.1 Å². The van der Waals surface area contributed by atoms with Gasteiger partial charge < -0.3 is 14.8 Å². The highest BCUT2D eigenvalue weighted by atomic mass is 32.1. The molecule has 1 atom stereocenters. The third kappa shape index (κ3) is 3.04. The van der Waals surface area contributed by atoms with E-state index < -0.39 is 11.8 Å². The number of ether oxygens (including phenoxy) is 1. The summed E-state index contributed by atoms with van der Waals surface area (Å²) in [6.45, 7) is 0.165. The maximum absolute atomic E-state index is 13.2. The summed E-state index contributed by atoms with van der Waals surface area (Å²) in [6, 6.07) is 12.2. The molecule has 9 nitrogen and oxygen atoms in total. The Morgan fingerprint density at radius 2 is 2.16 bits per heavy atom. The predicted octanol–water partition coefficient (Wildman–Crippen LogP) is 3.05. The SMILES string of the molecule is COC(=O)Nc1nc2ccc(C3(O)c4ccccc4C(=O)N3Cc3nccs3)cc2[nH]1. The number of carbonyl (C=O) groups excluding carboxylic acids is 2. The highest BCUT2D eigenvalue weighted by molar-refractivity contribution is 7.09. The number of nitrogens with one attached hydrogen (secondary N) is 2. The van der Waals surface area contributed by atoms with Crippen LogP contribution in [-0.2, 0) is 17.0 Å². The third-order valence-corrected chi connectivity index (χ3v) is 6.00. The normalized spacial score (nSPS) is 17.7. The number of hydrogen-bond donors (Lipinski definition) is 3. The molecule has 156 valence electrons. The number of methoxy groups -OCH3 is 1. The molecule has 0 saturated heterocycles. The molecule has 0 spiro atoms. The van der Waals surface area contributed by atoms with E-state index in [1.54, 1.807) is 48.7 Å². The van der Waals surface area contributed by atoms with E-state index >= 15 is 0 Å². The van der Waals surface area contributed by atoms with E-state index in [0.717, 1.165) is 0 Å². The number of thiazole rings is 1. The molecule has 2 aromatic carbocycles. The molecule has 5 rings (SSSR count). The van der Waals surface area contributed by atoms with Crippen LogP contribution in [0.5, 0.6) is 0 Å². The summed E-state index contributed by atoms with van der Waals surface area (Å²) < 4.78 is 4.59. The van der Waals surface area contributed by atoms with Gasteiger partial charge in [-0.2, -0.15) is 0 Å². The lowest BCUT2D eigenvalue weighted by Crippen LogP contribution is -2.44. The minimum absolute atomic E-state index is 0.165. The first-order valence-electron chi connectivity index (χ1n) is 9.38. The maximum atomic E-state index is 13.2. The summed E-state index contributed by atoms with van der Waals surface area (Å²) in [6.07, 6.45) is 1.02. The van der Waals surface area contributed by atoms with E-state index in [4.69, 9.17) is 0 Å². The molecule has 4 aromatic rings. The van der Waals surface area contributed by atoms with Crippen LogP contribution >= 0.6 is 11.3 Å². The van der Waals surface area contributed by atoms with Crippen LogP contribution in [0.1, 0.15) is 26.5 Å². The standard InChI is InChI=1S/C21H17N5O4S/c1-30-20(28)25-19-23-15-7-6-12(10-16(15)24-19)21(29)14-5-3-2-4-13(14)18(27)26(21)11-17-22-8-9-31-17/h2-10,29H,11H2,1H3,(H2,23,24,25,28). The number of nitrogens with zero attached hydrogens (tertiary/aromatic N) is 3. The highest BCUT2D eigenvalue weighted by Gasteiger charge is 2.50. The Morgan fingerprint density at radius 3 is 2.94 bits per heavy atom. The number of benzene rings is 2. The number of carbonyl (C=O) groups is 2. The van der Waals surface area contributed by atoms with Crippen molar-refractivity contribution in [1.82, 2.24) is 19.9 Å². The van der Waals surface area contributed by atoms with Crippen molar-refractivity contribution >= 4 is 40.3 Å². The fourth-order valence-electron chi connectivity index (χ4n) is 3.81. The van der Waals surface area contributed by atoms with Crippen molar-refractivity contribution in [2.24, 2.45) is 0 Å². The average molecular weight is 435 g/mol. The third-order valence-electron chi connectivity index (χ3n) is 5.24. The van der Waals surface area contributed by atoms with Crippen LogP contribution in [0.2, 0.25) is 0 Å². The summed E-state index contributed by atoms with van der Waals surface area (Å²) in [5, 5.41) is 17.0. The second kappa shape index (κ2) is 7.18. The maximum Gasteiger partial charge on any atom is 0.413 e.